The lowest BCUT2D eigenvalue weighted by atomic mass is 9.99. The maximum atomic E-state index is 6.26. The number of hydrogen-bond acceptors (Lipinski definition) is 2. The summed E-state index contributed by atoms with van der Waals surface area (Å²) in [4.78, 5) is 0. The Morgan fingerprint density at radius 2 is 1.74 bits per heavy atom. The molecule has 1 aliphatic rings. The minimum absolute atomic E-state index is 0.205. The molecule has 0 amide bonds. The summed E-state index contributed by atoms with van der Waals surface area (Å²) in [5.41, 5.74) is 8.24. The van der Waals surface area contributed by atoms with E-state index in [4.69, 9.17) is 22.1 Å². The molecule has 1 fully saturated rings. The van der Waals surface area contributed by atoms with Crippen LogP contribution in [0.3, 0.4) is 0 Å². The van der Waals surface area contributed by atoms with Crippen LogP contribution in [0.2, 0.25) is 5.02 Å². The first-order chi connectivity index (χ1) is 9.24. The summed E-state index contributed by atoms with van der Waals surface area (Å²) >= 11 is 6.17. The van der Waals surface area contributed by atoms with Crippen molar-refractivity contribution in [1.29, 1.82) is 0 Å². The van der Waals surface area contributed by atoms with Crippen molar-refractivity contribution in [3.8, 4) is 5.75 Å². The monoisotopic (exact) mass is 273 g/mol. The molecule has 2 N–H and O–H groups in total. The molecule has 0 radical (unpaired) electrons. The van der Waals surface area contributed by atoms with Crippen molar-refractivity contribution in [2.45, 2.75) is 25.0 Å². The highest BCUT2D eigenvalue weighted by molar-refractivity contribution is 6.31. The lowest BCUT2D eigenvalue weighted by Crippen LogP contribution is -2.12. The average molecular weight is 274 g/mol. The molecule has 2 aromatic rings. The second-order valence-electron chi connectivity index (χ2n) is 4.89. The zero-order valence-electron chi connectivity index (χ0n) is 10.6. The summed E-state index contributed by atoms with van der Waals surface area (Å²) in [6.07, 6.45) is 2.75. The van der Waals surface area contributed by atoms with Gasteiger partial charge < -0.3 is 10.5 Å². The van der Waals surface area contributed by atoms with Gasteiger partial charge in [0.1, 0.15) is 5.75 Å². The van der Waals surface area contributed by atoms with E-state index >= 15 is 0 Å². The molecule has 2 nitrogen and oxygen atoms in total. The Kier molecular flexibility index (Phi) is 3.45. The largest absolute Gasteiger partial charge is 0.490 e. The predicted molar refractivity (Wildman–Crippen MR) is 77.6 cm³/mol. The summed E-state index contributed by atoms with van der Waals surface area (Å²) < 4.78 is 5.72. The first-order valence-electron chi connectivity index (χ1n) is 6.50. The van der Waals surface area contributed by atoms with Crippen molar-refractivity contribution in [2.75, 3.05) is 0 Å². The molecule has 1 saturated carbocycles. The van der Waals surface area contributed by atoms with Gasteiger partial charge in [0.25, 0.3) is 0 Å². The molecule has 0 aliphatic heterocycles. The van der Waals surface area contributed by atoms with E-state index in [2.05, 4.69) is 0 Å². The molecule has 0 heterocycles. The van der Waals surface area contributed by atoms with Crippen LogP contribution in [-0.2, 0) is 0 Å². The number of rotatable bonds is 4. The minimum Gasteiger partial charge on any atom is -0.490 e. The van der Waals surface area contributed by atoms with Gasteiger partial charge in [-0.25, -0.2) is 0 Å². The van der Waals surface area contributed by atoms with E-state index < -0.39 is 0 Å². The van der Waals surface area contributed by atoms with Gasteiger partial charge in [0, 0.05) is 5.02 Å². The van der Waals surface area contributed by atoms with Crippen LogP contribution in [0.5, 0.6) is 5.75 Å². The normalized spacial score (nSPS) is 16.1. The maximum Gasteiger partial charge on any atom is 0.119 e. The fourth-order valence-corrected chi connectivity index (χ4v) is 2.29. The van der Waals surface area contributed by atoms with Gasteiger partial charge in [-0.15, -0.1) is 0 Å². The third kappa shape index (κ3) is 2.91. The van der Waals surface area contributed by atoms with Gasteiger partial charge in [0.15, 0.2) is 0 Å². The zero-order valence-corrected chi connectivity index (χ0v) is 11.3. The van der Waals surface area contributed by atoms with Gasteiger partial charge in [-0.05, 0) is 42.2 Å². The van der Waals surface area contributed by atoms with E-state index in [0.717, 1.165) is 16.9 Å². The number of hydrogen-bond donors (Lipinski definition) is 1. The van der Waals surface area contributed by atoms with Gasteiger partial charge in [-0.3, -0.25) is 0 Å². The molecule has 1 atom stereocenters. The van der Waals surface area contributed by atoms with Crippen LogP contribution in [-0.4, -0.2) is 6.10 Å². The Morgan fingerprint density at radius 3 is 2.37 bits per heavy atom. The van der Waals surface area contributed by atoms with Gasteiger partial charge in [-0.1, -0.05) is 41.9 Å². The summed E-state index contributed by atoms with van der Waals surface area (Å²) in [5, 5.41) is 0.702. The summed E-state index contributed by atoms with van der Waals surface area (Å²) in [5.74, 6) is 0.914. The summed E-state index contributed by atoms with van der Waals surface area (Å²) in [7, 11) is 0. The smallest absolute Gasteiger partial charge is 0.119 e. The Balaban J connectivity index is 1.79. The number of benzene rings is 2. The fourth-order valence-electron chi connectivity index (χ4n) is 2.04. The molecule has 0 aromatic heterocycles. The van der Waals surface area contributed by atoms with Gasteiger partial charge in [-0.2, -0.15) is 0 Å². The van der Waals surface area contributed by atoms with E-state index in [1.165, 1.54) is 12.8 Å². The van der Waals surface area contributed by atoms with Crippen molar-refractivity contribution in [3.05, 3.63) is 64.7 Å². The van der Waals surface area contributed by atoms with Gasteiger partial charge in [0.05, 0.1) is 12.1 Å². The average Bonchev–Trinajstić information content (AvgIpc) is 3.23. The van der Waals surface area contributed by atoms with Crippen LogP contribution in [0.15, 0.2) is 48.5 Å². The molecule has 2 aromatic carbocycles. The fraction of sp³-hybridized carbons (Fsp3) is 0.250. The highest BCUT2D eigenvalue weighted by atomic mass is 35.5. The van der Waals surface area contributed by atoms with E-state index in [9.17, 15) is 0 Å². The highest BCUT2D eigenvalue weighted by Crippen LogP contribution is 2.30. The van der Waals surface area contributed by atoms with E-state index in [1.807, 2.05) is 48.5 Å². The molecule has 98 valence electrons. The first-order valence-corrected chi connectivity index (χ1v) is 6.88. The summed E-state index contributed by atoms with van der Waals surface area (Å²) in [6, 6.07) is 15.4. The lowest BCUT2D eigenvalue weighted by Gasteiger charge is -2.14. The molecular formula is C16H16ClNO. The van der Waals surface area contributed by atoms with Crippen molar-refractivity contribution in [1.82, 2.24) is 0 Å². The van der Waals surface area contributed by atoms with Crippen molar-refractivity contribution >= 4 is 11.6 Å². The van der Waals surface area contributed by atoms with E-state index in [-0.39, 0.29) is 6.04 Å². The second-order valence-corrected chi connectivity index (χ2v) is 5.29. The molecule has 0 bridgehead atoms. The van der Waals surface area contributed by atoms with Crippen LogP contribution in [0.25, 0.3) is 0 Å². The molecule has 3 rings (SSSR count). The third-order valence-corrected chi connectivity index (χ3v) is 3.65. The first kappa shape index (κ1) is 12.5. The second kappa shape index (κ2) is 5.24. The van der Waals surface area contributed by atoms with Crippen LogP contribution in [0.4, 0.5) is 0 Å². The molecule has 19 heavy (non-hydrogen) atoms. The predicted octanol–water partition coefficient (Wildman–Crippen LogP) is 3.93. The van der Waals surface area contributed by atoms with Crippen LogP contribution < -0.4 is 10.5 Å². The Hall–Kier alpha value is -1.51. The quantitative estimate of drug-likeness (QED) is 0.916. The molecule has 3 heteroatoms. The molecule has 1 unspecified atom stereocenters. The Labute approximate surface area is 118 Å². The van der Waals surface area contributed by atoms with E-state index in [1.54, 1.807) is 0 Å². The minimum atomic E-state index is -0.205. The molecule has 0 saturated heterocycles. The highest BCUT2D eigenvalue weighted by Gasteiger charge is 2.23. The van der Waals surface area contributed by atoms with Crippen LogP contribution >= 0.6 is 11.6 Å². The van der Waals surface area contributed by atoms with E-state index in [0.29, 0.717) is 11.1 Å². The van der Waals surface area contributed by atoms with Crippen LogP contribution in [0, 0.1) is 0 Å². The number of nitrogens with two attached hydrogens (primary N) is 1. The molecule has 0 spiro atoms. The zero-order chi connectivity index (χ0) is 13.2. The standard InChI is InChI=1S/C16H16ClNO/c17-15-4-2-1-3-14(15)16(18)11-5-7-12(8-6-11)19-13-9-10-13/h1-8,13,16H,9-10,18H2. The van der Waals surface area contributed by atoms with Crippen molar-refractivity contribution in [2.24, 2.45) is 5.73 Å². The van der Waals surface area contributed by atoms with Crippen LogP contribution in [0.1, 0.15) is 30.0 Å². The van der Waals surface area contributed by atoms with Crippen molar-refractivity contribution in [3.63, 3.8) is 0 Å². The number of halogens is 1. The maximum absolute atomic E-state index is 6.26. The topological polar surface area (TPSA) is 35.2 Å². The summed E-state index contributed by atoms with van der Waals surface area (Å²) in [6.45, 7) is 0. The lowest BCUT2D eigenvalue weighted by molar-refractivity contribution is 0.303. The Morgan fingerprint density at radius 1 is 1.05 bits per heavy atom. The Bertz CT molecular complexity index is 563. The van der Waals surface area contributed by atoms with Gasteiger partial charge >= 0.3 is 0 Å². The SMILES string of the molecule is NC(c1ccc(OC2CC2)cc1)c1ccccc1Cl. The van der Waals surface area contributed by atoms with Crippen molar-refractivity contribution < 1.29 is 4.74 Å². The molecule has 1 aliphatic carbocycles. The number of ether oxygens (including phenoxy) is 1. The van der Waals surface area contributed by atoms with Gasteiger partial charge in [0.2, 0.25) is 0 Å². The third-order valence-electron chi connectivity index (χ3n) is 3.31. The molecular weight excluding hydrogens is 258 g/mol.